The number of hydrogen-bond donors (Lipinski definition) is 1. The van der Waals surface area contributed by atoms with Crippen molar-refractivity contribution in [3.05, 3.63) is 35.4 Å². The lowest BCUT2D eigenvalue weighted by atomic mass is 10.1. The summed E-state index contributed by atoms with van der Waals surface area (Å²) in [7, 11) is 1.18. The molecule has 1 N–H and O–H groups in total. The third-order valence-electron chi connectivity index (χ3n) is 2.98. The maximum Gasteiger partial charge on any atom is 0.397 e. The highest BCUT2D eigenvalue weighted by Crippen LogP contribution is 2.20. The molecule has 0 saturated carbocycles. The average Bonchev–Trinajstić information content (AvgIpc) is 2.58. The van der Waals surface area contributed by atoms with E-state index in [2.05, 4.69) is 10.1 Å². The van der Waals surface area contributed by atoms with E-state index in [1.807, 2.05) is 0 Å². The van der Waals surface area contributed by atoms with Crippen LogP contribution in [0, 0.1) is 0 Å². The largest absolute Gasteiger partial charge is 0.465 e. The lowest BCUT2D eigenvalue weighted by molar-refractivity contribution is -0.152. The van der Waals surface area contributed by atoms with E-state index in [0.29, 0.717) is 5.56 Å². The molecule has 0 heterocycles. The first-order valence-electron chi connectivity index (χ1n) is 8.19. The third-order valence-corrected chi connectivity index (χ3v) is 2.98. The van der Waals surface area contributed by atoms with Gasteiger partial charge in [-0.25, -0.2) is 14.4 Å². The van der Waals surface area contributed by atoms with Gasteiger partial charge in [0, 0.05) is 6.08 Å². The van der Waals surface area contributed by atoms with Crippen molar-refractivity contribution in [2.24, 2.45) is 0 Å². The summed E-state index contributed by atoms with van der Waals surface area (Å²) < 4.78 is 14.5. The summed E-state index contributed by atoms with van der Waals surface area (Å²) in [5, 5.41) is 2.30. The summed E-state index contributed by atoms with van der Waals surface area (Å²) in [6.45, 7) is 6.85. The number of rotatable bonds is 5. The molecule has 0 aliphatic heterocycles. The molecule has 8 nitrogen and oxygen atoms in total. The van der Waals surface area contributed by atoms with Gasteiger partial charge < -0.3 is 19.5 Å². The first kappa shape index (κ1) is 21.9. The summed E-state index contributed by atoms with van der Waals surface area (Å²) in [6, 6.07) is 4.37. The molecular formula is C19H23NO7. The Morgan fingerprint density at radius 1 is 1.15 bits per heavy atom. The Labute approximate surface area is 157 Å². The number of esters is 3. The number of carbonyl (C=O) groups is 4. The van der Waals surface area contributed by atoms with Crippen molar-refractivity contribution in [2.75, 3.05) is 19.0 Å². The van der Waals surface area contributed by atoms with Gasteiger partial charge in [-0.1, -0.05) is 6.07 Å². The number of nitrogens with one attached hydrogen (secondary N) is 1. The van der Waals surface area contributed by atoms with Crippen LogP contribution in [0.25, 0.3) is 6.08 Å². The molecule has 0 spiro atoms. The second kappa shape index (κ2) is 9.51. The first-order chi connectivity index (χ1) is 12.6. The highest BCUT2D eigenvalue weighted by atomic mass is 16.6. The van der Waals surface area contributed by atoms with E-state index in [0.717, 1.165) is 0 Å². The van der Waals surface area contributed by atoms with Crippen molar-refractivity contribution in [3.8, 4) is 0 Å². The van der Waals surface area contributed by atoms with Crippen LogP contribution in [0.4, 0.5) is 5.69 Å². The van der Waals surface area contributed by atoms with Crippen LogP contribution in [0.1, 0.15) is 43.6 Å². The van der Waals surface area contributed by atoms with Crippen molar-refractivity contribution in [2.45, 2.75) is 33.3 Å². The number of anilines is 1. The van der Waals surface area contributed by atoms with Gasteiger partial charge in [0.2, 0.25) is 0 Å². The third kappa shape index (κ3) is 7.31. The number of amides is 1. The molecule has 1 aromatic rings. The number of ether oxygens (including phenoxy) is 3. The molecule has 0 radical (unpaired) electrons. The van der Waals surface area contributed by atoms with Crippen LogP contribution in [-0.2, 0) is 28.6 Å². The van der Waals surface area contributed by atoms with Crippen LogP contribution < -0.4 is 5.32 Å². The van der Waals surface area contributed by atoms with Crippen molar-refractivity contribution >= 4 is 35.6 Å². The molecule has 146 valence electrons. The maximum atomic E-state index is 12.0. The zero-order valence-corrected chi connectivity index (χ0v) is 16.0. The molecule has 0 bridgehead atoms. The van der Waals surface area contributed by atoms with Crippen molar-refractivity contribution in [3.63, 3.8) is 0 Å². The average molecular weight is 377 g/mol. The molecule has 1 aromatic carbocycles. The van der Waals surface area contributed by atoms with Crippen molar-refractivity contribution < 1.29 is 33.4 Å². The normalized spacial score (nSPS) is 11.0. The minimum Gasteiger partial charge on any atom is -0.465 e. The second-order valence-corrected chi connectivity index (χ2v) is 6.34. The summed E-state index contributed by atoms with van der Waals surface area (Å²) in [5.74, 6) is -3.34. The molecule has 0 aliphatic carbocycles. The molecule has 1 rings (SSSR count). The van der Waals surface area contributed by atoms with Crippen LogP contribution in [0.2, 0.25) is 0 Å². The fourth-order valence-corrected chi connectivity index (χ4v) is 1.92. The van der Waals surface area contributed by atoms with Gasteiger partial charge in [0.05, 0.1) is 25.0 Å². The zero-order valence-electron chi connectivity index (χ0n) is 16.0. The maximum absolute atomic E-state index is 12.0. The van der Waals surface area contributed by atoms with E-state index in [4.69, 9.17) is 9.47 Å². The van der Waals surface area contributed by atoms with Crippen LogP contribution in [0.15, 0.2) is 24.3 Å². The van der Waals surface area contributed by atoms with Gasteiger partial charge in [0.1, 0.15) is 5.60 Å². The standard InChI is InChI=1S/C19H23NO7/c1-6-26-18(24)16(22)20-14-9-7-12(11-13(14)17(23)25-5)8-10-15(21)27-19(2,3)4/h7-11H,6H2,1-5H3,(H,20,22). The SMILES string of the molecule is CCOC(=O)C(=O)Nc1ccc(C=CC(=O)OC(C)(C)C)cc1C(=O)OC. The smallest absolute Gasteiger partial charge is 0.397 e. The first-order valence-corrected chi connectivity index (χ1v) is 8.19. The predicted molar refractivity (Wildman–Crippen MR) is 97.9 cm³/mol. The van der Waals surface area contributed by atoms with E-state index in [1.54, 1.807) is 33.8 Å². The lowest BCUT2D eigenvalue weighted by Gasteiger charge is -2.17. The van der Waals surface area contributed by atoms with Gasteiger partial charge in [-0.15, -0.1) is 0 Å². The molecule has 0 saturated heterocycles. The lowest BCUT2D eigenvalue weighted by Crippen LogP contribution is -2.26. The molecule has 0 fully saturated rings. The highest BCUT2D eigenvalue weighted by Gasteiger charge is 2.20. The minimum absolute atomic E-state index is 0.0153. The summed E-state index contributed by atoms with van der Waals surface area (Å²) in [4.78, 5) is 47.0. The van der Waals surface area contributed by atoms with Gasteiger partial charge in [0.15, 0.2) is 0 Å². The van der Waals surface area contributed by atoms with Gasteiger partial charge in [-0.05, 0) is 51.5 Å². The molecular weight excluding hydrogens is 354 g/mol. The van der Waals surface area contributed by atoms with E-state index < -0.39 is 29.4 Å². The molecule has 1 amide bonds. The van der Waals surface area contributed by atoms with Crippen LogP contribution >= 0.6 is 0 Å². The van der Waals surface area contributed by atoms with Gasteiger partial charge >= 0.3 is 23.8 Å². The topological polar surface area (TPSA) is 108 Å². The van der Waals surface area contributed by atoms with Gasteiger partial charge in [-0.2, -0.15) is 0 Å². The summed E-state index contributed by atoms with van der Waals surface area (Å²) in [6.07, 6.45) is 2.68. The Morgan fingerprint density at radius 2 is 1.81 bits per heavy atom. The van der Waals surface area contributed by atoms with Crippen molar-refractivity contribution in [1.82, 2.24) is 0 Å². The summed E-state index contributed by atoms with van der Waals surface area (Å²) >= 11 is 0. The van der Waals surface area contributed by atoms with Crippen LogP contribution in [-0.4, -0.2) is 43.1 Å². The Bertz CT molecular complexity index is 760. The molecule has 0 unspecified atom stereocenters. The number of benzene rings is 1. The quantitative estimate of drug-likeness (QED) is 0.363. The summed E-state index contributed by atoms with van der Waals surface area (Å²) in [5.41, 5.74) is -0.0361. The highest BCUT2D eigenvalue weighted by molar-refractivity contribution is 6.37. The monoisotopic (exact) mass is 377 g/mol. The minimum atomic E-state index is -1.07. The van der Waals surface area contributed by atoms with E-state index in [-0.39, 0.29) is 17.9 Å². The van der Waals surface area contributed by atoms with Crippen molar-refractivity contribution in [1.29, 1.82) is 0 Å². The van der Waals surface area contributed by atoms with E-state index >= 15 is 0 Å². The number of hydrogen-bond acceptors (Lipinski definition) is 7. The number of methoxy groups -OCH3 is 1. The Hall–Kier alpha value is -3.16. The molecule has 0 aromatic heterocycles. The van der Waals surface area contributed by atoms with Gasteiger partial charge in [0.25, 0.3) is 0 Å². The van der Waals surface area contributed by atoms with Crippen LogP contribution in [0.3, 0.4) is 0 Å². The Kier molecular flexibility index (Phi) is 7.71. The van der Waals surface area contributed by atoms with Crippen LogP contribution in [0.5, 0.6) is 0 Å². The fraction of sp³-hybridized carbons (Fsp3) is 0.368. The second-order valence-electron chi connectivity index (χ2n) is 6.34. The fourth-order valence-electron chi connectivity index (χ4n) is 1.92. The number of carbonyl (C=O) groups excluding carboxylic acids is 4. The molecule has 0 aliphatic rings. The van der Waals surface area contributed by atoms with E-state index in [9.17, 15) is 19.2 Å². The molecule has 27 heavy (non-hydrogen) atoms. The Balaban J connectivity index is 3.06. The Morgan fingerprint density at radius 3 is 2.37 bits per heavy atom. The van der Waals surface area contributed by atoms with E-state index in [1.165, 1.54) is 31.4 Å². The van der Waals surface area contributed by atoms with Gasteiger partial charge in [-0.3, -0.25) is 4.79 Å². The zero-order chi connectivity index (χ0) is 20.6. The predicted octanol–water partition coefficient (Wildman–Crippen LogP) is 2.33. The molecule has 0 atom stereocenters. The molecule has 8 heteroatoms.